The van der Waals surface area contributed by atoms with Gasteiger partial charge in [0.15, 0.2) is 0 Å². The molecule has 2 heterocycles. The second kappa shape index (κ2) is 5.47. The summed E-state index contributed by atoms with van der Waals surface area (Å²) >= 11 is 0. The number of halogens is 3. The molecule has 0 saturated carbocycles. The third kappa shape index (κ3) is 3.37. The highest BCUT2D eigenvalue weighted by molar-refractivity contribution is 5.77. The summed E-state index contributed by atoms with van der Waals surface area (Å²) in [4.78, 5) is 13.3. The summed E-state index contributed by atoms with van der Waals surface area (Å²) in [6.45, 7) is 1.22. The SMILES string of the molecule is O=C(C[C@@H]1CCCN1)N1CCC[C@H](C(F)(F)F)C1. The number of piperidine rings is 1. The zero-order valence-electron chi connectivity index (χ0n) is 10.3. The fourth-order valence-corrected chi connectivity index (χ4v) is 2.74. The van der Waals surface area contributed by atoms with Crippen molar-refractivity contribution < 1.29 is 18.0 Å². The van der Waals surface area contributed by atoms with Gasteiger partial charge >= 0.3 is 6.18 Å². The molecule has 0 radical (unpaired) electrons. The monoisotopic (exact) mass is 264 g/mol. The Morgan fingerprint density at radius 3 is 2.67 bits per heavy atom. The number of likely N-dealkylation sites (tertiary alicyclic amines) is 1. The summed E-state index contributed by atoms with van der Waals surface area (Å²) in [6.07, 6.45) is -1.25. The molecule has 0 aromatic carbocycles. The molecule has 2 aliphatic heterocycles. The van der Waals surface area contributed by atoms with Crippen LogP contribution in [0.15, 0.2) is 0 Å². The smallest absolute Gasteiger partial charge is 0.342 e. The van der Waals surface area contributed by atoms with Crippen LogP contribution in [-0.4, -0.2) is 42.7 Å². The Bertz CT molecular complexity index is 300. The summed E-state index contributed by atoms with van der Waals surface area (Å²) in [5.41, 5.74) is 0. The van der Waals surface area contributed by atoms with Crippen molar-refractivity contribution in [1.82, 2.24) is 10.2 Å². The second-order valence-corrected chi connectivity index (χ2v) is 5.22. The fraction of sp³-hybridized carbons (Fsp3) is 0.917. The van der Waals surface area contributed by atoms with E-state index in [1.54, 1.807) is 0 Å². The molecule has 1 amide bonds. The Morgan fingerprint density at radius 1 is 1.28 bits per heavy atom. The van der Waals surface area contributed by atoms with Crippen molar-refractivity contribution in [1.29, 1.82) is 0 Å². The van der Waals surface area contributed by atoms with E-state index >= 15 is 0 Å². The topological polar surface area (TPSA) is 32.3 Å². The van der Waals surface area contributed by atoms with E-state index in [1.807, 2.05) is 0 Å². The summed E-state index contributed by atoms with van der Waals surface area (Å²) in [7, 11) is 0. The summed E-state index contributed by atoms with van der Waals surface area (Å²) in [5.74, 6) is -1.48. The lowest BCUT2D eigenvalue weighted by atomic mass is 9.97. The maximum absolute atomic E-state index is 12.6. The minimum atomic E-state index is -4.18. The Hall–Kier alpha value is -0.780. The van der Waals surface area contributed by atoms with E-state index in [9.17, 15) is 18.0 Å². The first-order valence-electron chi connectivity index (χ1n) is 6.54. The highest BCUT2D eigenvalue weighted by atomic mass is 19.4. The molecular weight excluding hydrogens is 245 g/mol. The van der Waals surface area contributed by atoms with Crippen LogP contribution >= 0.6 is 0 Å². The molecule has 2 atom stereocenters. The predicted octanol–water partition coefficient (Wildman–Crippen LogP) is 1.93. The Balaban J connectivity index is 1.86. The Labute approximate surface area is 105 Å². The van der Waals surface area contributed by atoms with Gasteiger partial charge in [-0.2, -0.15) is 13.2 Å². The van der Waals surface area contributed by atoms with Gasteiger partial charge in [-0.15, -0.1) is 0 Å². The molecule has 104 valence electrons. The van der Waals surface area contributed by atoms with Gasteiger partial charge in [-0.1, -0.05) is 0 Å². The molecule has 3 nitrogen and oxygen atoms in total. The van der Waals surface area contributed by atoms with Crippen LogP contribution in [-0.2, 0) is 4.79 Å². The lowest BCUT2D eigenvalue weighted by Gasteiger charge is -2.34. The lowest BCUT2D eigenvalue weighted by molar-refractivity contribution is -0.188. The van der Waals surface area contributed by atoms with E-state index in [1.165, 1.54) is 4.90 Å². The molecule has 0 aromatic rings. The van der Waals surface area contributed by atoms with Gasteiger partial charge < -0.3 is 10.2 Å². The van der Waals surface area contributed by atoms with Crippen molar-refractivity contribution in [3.8, 4) is 0 Å². The highest BCUT2D eigenvalue weighted by Crippen LogP contribution is 2.33. The van der Waals surface area contributed by atoms with E-state index in [2.05, 4.69) is 5.32 Å². The molecule has 2 saturated heterocycles. The standard InChI is InChI=1S/C12H19F3N2O/c13-12(14,15)9-3-2-6-17(8-9)11(18)7-10-4-1-5-16-10/h9-10,16H,1-8H2/t9-,10-/m0/s1. The number of carbonyl (C=O) groups excluding carboxylic acids is 1. The number of rotatable bonds is 2. The molecule has 18 heavy (non-hydrogen) atoms. The first-order chi connectivity index (χ1) is 8.47. The van der Waals surface area contributed by atoms with Crippen LogP contribution in [0.4, 0.5) is 13.2 Å². The van der Waals surface area contributed by atoms with E-state index in [-0.39, 0.29) is 24.9 Å². The predicted molar refractivity (Wildman–Crippen MR) is 61.0 cm³/mol. The van der Waals surface area contributed by atoms with Crippen LogP contribution in [0.5, 0.6) is 0 Å². The fourth-order valence-electron chi connectivity index (χ4n) is 2.74. The van der Waals surface area contributed by atoms with Crippen LogP contribution in [0, 0.1) is 5.92 Å². The maximum Gasteiger partial charge on any atom is 0.393 e. The second-order valence-electron chi connectivity index (χ2n) is 5.22. The first-order valence-corrected chi connectivity index (χ1v) is 6.54. The minimum Gasteiger partial charge on any atom is -0.342 e. The number of carbonyl (C=O) groups is 1. The van der Waals surface area contributed by atoms with Gasteiger partial charge in [0.1, 0.15) is 0 Å². The molecular formula is C12H19F3N2O. The first kappa shape index (κ1) is 13.6. The highest BCUT2D eigenvalue weighted by Gasteiger charge is 2.42. The van der Waals surface area contributed by atoms with Crippen LogP contribution in [0.2, 0.25) is 0 Å². The van der Waals surface area contributed by atoms with Gasteiger partial charge in [0, 0.05) is 25.6 Å². The molecule has 2 fully saturated rings. The van der Waals surface area contributed by atoms with Crippen molar-refractivity contribution >= 4 is 5.91 Å². The van der Waals surface area contributed by atoms with Gasteiger partial charge in [0.05, 0.1) is 5.92 Å². The van der Waals surface area contributed by atoms with Crippen molar-refractivity contribution in [2.75, 3.05) is 19.6 Å². The summed E-state index contributed by atoms with van der Waals surface area (Å²) in [6, 6.07) is 0.156. The van der Waals surface area contributed by atoms with Gasteiger partial charge in [0.2, 0.25) is 5.91 Å². The van der Waals surface area contributed by atoms with Gasteiger partial charge in [-0.05, 0) is 32.2 Å². The zero-order valence-corrected chi connectivity index (χ0v) is 10.3. The number of nitrogens with one attached hydrogen (secondary N) is 1. The molecule has 0 spiro atoms. The van der Waals surface area contributed by atoms with Crippen LogP contribution < -0.4 is 5.32 Å². The Morgan fingerprint density at radius 2 is 2.06 bits per heavy atom. The van der Waals surface area contributed by atoms with Gasteiger partial charge in [-0.25, -0.2) is 0 Å². The molecule has 6 heteroatoms. The van der Waals surface area contributed by atoms with Gasteiger partial charge in [0.25, 0.3) is 0 Å². The van der Waals surface area contributed by atoms with Crippen LogP contribution in [0.1, 0.15) is 32.1 Å². The summed E-state index contributed by atoms with van der Waals surface area (Å²) < 4.78 is 37.9. The Kier molecular flexibility index (Phi) is 4.14. The quantitative estimate of drug-likeness (QED) is 0.826. The minimum absolute atomic E-state index is 0.136. The van der Waals surface area contributed by atoms with E-state index in [4.69, 9.17) is 0 Å². The van der Waals surface area contributed by atoms with Crippen molar-refractivity contribution in [3.05, 3.63) is 0 Å². The maximum atomic E-state index is 12.6. The molecule has 1 N–H and O–H groups in total. The van der Waals surface area contributed by atoms with Crippen molar-refractivity contribution in [3.63, 3.8) is 0 Å². The van der Waals surface area contributed by atoms with E-state index in [0.717, 1.165) is 19.4 Å². The van der Waals surface area contributed by atoms with Crippen molar-refractivity contribution in [2.24, 2.45) is 5.92 Å². The average molecular weight is 264 g/mol. The van der Waals surface area contributed by atoms with E-state index < -0.39 is 12.1 Å². The third-order valence-electron chi connectivity index (χ3n) is 3.82. The number of amides is 1. The third-order valence-corrected chi connectivity index (χ3v) is 3.82. The van der Waals surface area contributed by atoms with Crippen LogP contribution in [0.25, 0.3) is 0 Å². The van der Waals surface area contributed by atoms with Crippen LogP contribution in [0.3, 0.4) is 0 Å². The lowest BCUT2D eigenvalue weighted by Crippen LogP contribution is -2.45. The summed E-state index contributed by atoms with van der Waals surface area (Å²) in [5, 5.41) is 3.20. The molecule has 2 rings (SSSR count). The van der Waals surface area contributed by atoms with Gasteiger partial charge in [-0.3, -0.25) is 4.79 Å². The number of hydrogen-bond acceptors (Lipinski definition) is 2. The number of alkyl halides is 3. The zero-order chi connectivity index (χ0) is 13.2. The van der Waals surface area contributed by atoms with Crippen molar-refractivity contribution in [2.45, 2.75) is 44.3 Å². The molecule has 0 bridgehead atoms. The molecule has 0 unspecified atom stereocenters. The molecule has 2 aliphatic rings. The normalized spacial score (nSPS) is 29.6. The molecule has 0 aliphatic carbocycles. The average Bonchev–Trinajstić information content (AvgIpc) is 2.81. The van der Waals surface area contributed by atoms with E-state index in [0.29, 0.717) is 19.4 Å². The number of hydrogen-bond donors (Lipinski definition) is 1. The molecule has 0 aromatic heterocycles. The number of nitrogens with zero attached hydrogens (tertiary/aromatic N) is 1. The largest absolute Gasteiger partial charge is 0.393 e.